The molecular formula is C27H30F2O2S. The van der Waals surface area contributed by atoms with Gasteiger partial charge in [0.1, 0.15) is 11.6 Å². The molecule has 4 aliphatic carbocycles. The van der Waals surface area contributed by atoms with Gasteiger partial charge < -0.3 is 5.11 Å². The van der Waals surface area contributed by atoms with Crippen LogP contribution in [-0.4, -0.2) is 16.8 Å². The average Bonchev–Trinajstić information content (AvgIpc) is 2.73. The van der Waals surface area contributed by atoms with E-state index in [1.54, 1.807) is 19.1 Å². The van der Waals surface area contributed by atoms with Crippen LogP contribution in [0.25, 0.3) is 11.1 Å². The van der Waals surface area contributed by atoms with E-state index in [1.807, 2.05) is 18.2 Å². The second-order valence-electron chi connectivity index (χ2n) is 10.5. The van der Waals surface area contributed by atoms with Gasteiger partial charge in [-0.1, -0.05) is 31.2 Å². The van der Waals surface area contributed by atoms with E-state index >= 15 is 4.39 Å². The summed E-state index contributed by atoms with van der Waals surface area (Å²) in [6.45, 7) is 1.65. The van der Waals surface area contributed by atoms with E-state index in [2.05, 4.69) is 0 Å². The van der Waals surface area contributed by atoms with Crippen molar-refractivity contribution in [1.82, 2.24) is 0 Å². The van der Waals surface area contributed by atoms with Crippen molar-refractivity contribution in [2.75, 3.05) is 5.75 Å². The summed E-state index contributed by atoms with van der Waals surface area (Å²) in [5.74, 6) is 1.37. The van der Waals surface area contributed by atoms with E-state index in [1.165, 1.54) is 37.1 Å². The standard InChI is InChI=1S/C27H30F2O2S/c1-16(26(30)31)14-32-15-22-3-2-20(9-24(22)28)21-4-5-23(25(29)10-21)27-11-17-6-18(12-27)8-19(7-17)13-27/h2-5,9-10,16-19H,6-8,11-15H2,1H3,(H,30,31). The Balaban J connectivity index is 1.32. The molecule has 1 atom stereocenters. The Labute approximate surface area is 192 Å². The number of aliphatic carboxylic acids is 1. The summed E-state index contributed by atoms with van der Waals surface area (Å²) < 4.78 is 30.1. The van der Waals surface area contributed by atoms with Crippen molar-refractivity contribution in [2.24, 2.45) is 23.7 Å². The molecule has 170 valence electrons. The first-order chi connectivity index (χ1) is 15.3. The molecule has 6 rings (SSSR count). The molecule has 2 aromatic rings. The van der Waals surface area contributed by atoms with Crippen LogP contribution in [0.1, 0.15) is 56.6 Å². The molecule has 1 N–H and O–H groups in total. The van der Waals surface area contributed by atoms with E-state index in [0.717, 1.165) is 42.6 Å². The molecule has 32 heavy (non-hydrogen) atoms. The average molecular weight is 457 g/mol. The van der Waals surface area contributed by atoms with Gasteiger partial charge >= 0.3 is 5.97 Å². The van der Waals surface area contributed by atoms with Gasteiger partial charge in [0.2, 0.25) is 0 Å². The number of hydrogen-bond donors (Lipinski definition) is 1. The smallest absolute Gasteiger partial charge is 0.307 e. The number of hydrogen-bond acceptors (Lipinski definition) is 2. The van der Waals surface area contributed by atoms with Gasteiger partial charge in [-0.05, 0) is 96.1 Å². The zero-order valence-electron chi connectivity index (χ0n) is 18.4. The molecule has 5 heteroatoms. The molecule has 2 aromatic carbocycles. The topological polar surface area (TPSA) is 37.3 Å². The van der Waals surface area contributed by atoms with E-state index in [9.17, 15) is 9.18 Å². The molecule has 0 heterocycles. The second-order valence-corrected chi connectivity index (χ2v) is 11.5. The highest BCUT2D eigenvalue weighted by Crippen LogP contribution is 2.61. The normalized spacial score (nSPS) is 29.3. The minimum Gasteiger partial charge on any atom is -0.481 e. The Kier molecular flexibility index (Phi) is 5.81. The zero-order chi connectivity index (χ0) is 22.5. The molecule has 0 spiro atoms. The quantitative estimate of drug-likeness (QED) is 0.485. The van der Waals surface area contributed by atoms with Gasteiger partial charge in [0.15, 0.2) is 0 Å². The lowest BCUT2D eigenvalue weighted by Crippen LogP contribution is -2.48. The Bertz CT molecular complexity index is 999. The first-order valence-electron chi connectivity index (χ1n) is 11.7. The van der Waals surface area contributed by atoms with Crippen LogP contribution in [0.2, 0.25) is 0 Å². The van der Waals surface area contributed by atoms with Crippen LogP contribution >= 0.6 is 11.8 Å². The molecule has 0 aromatic heterocycles. The number of rotatable bonds is 7. The molecule has 4 bridgehead atoms. The van der Waals surface area contributed by atoms with Crippen molar-refractivity contribution in [2.45, 2.75) is 56.6 Å². The zero-order valence-corrected chi connectivity index (χ0v) is 19.3. The van der Waals surface area contributed by atoms with Gasteiger partial charge in [-0.15, -0.1) is 0 Å². The van der Waals surface area contributed by atoms with Gasteiger partial charge in [-0.3, -0.25) is 4.79 Å². The van der Waals surface area contributed by atoms with Crippen molar-refractivity contribution in [1.29, 1.82) is 0 Å². The predicted molar refractivity (Wildman–Crippen MR) is 125 cm³/mol. The molecule has 0 saturated heterocycles. The highest BCUT2D eigenvalue weighted by Gasteiger charge is 2.52. The Morgan fingerprint density at radius 2 is 1.56 bits per heavy atom. The fourth-order valence-electron chi connectivity index (χ4n) is 6.83. The van der Waals surface area contributed by atoms with Crippen LogP contribution in [0.15, 0.2) is 36.4 Å². The van der Waals surface area contributed by atoms with Crippen molar-refractivity contribution < 1.29 is 18.7 Å². The fourth-order valence-corrected chi connectivity index (χ4v) is 7.89. The number of carbonyl (C=O) groups is 1. The van der Waals surface area contributed by atoms with Gasteiger partial charge in [-0.2, -0.15) is 11.8 Å². The van der Waals surface area contributed by atoms with Crippen LogP contribution in [0.5, 0.6) is 0 Å². The summed E-state index contributed by atoms with van der Waals surface area (Å²) in [5, 5.41) is 8.97. The maximum atomic E-state index is 15.4. The number of carboxylic acids is 1. The van der Waals surface area contributed by atoms with Crippen molar-refractivity contribution in [3.63, 3.8) is 0 Å². The molecule has 1 unspecified atom stereocenters. The second kappa shape index (κ2) is 8.48. The monoisotopic (exact) mass is 456 g/mol. The largest absolute Gasteiger partial charge is 0.481 e. The van der Waals surface area contributed by atoms with E-state index in [0.29, 0.717) is 28.2 Å². The van der Waals surface area contributed by atoms with Gasteiger partial charge in [-0.25, -0.2) is 8.78 Å². The molecule has 4 fully saturated rings. The third-order valence-corrected chi connectivity index (χ3v) is 9.26. The lowest BCUT2D eigenvalue weighted by atomic mass is 9.48. The third kappa shape index (κ3) is 4.09. The van der Waals surface area contributed by atoms with Crippen LogP contribution in [0.3, 0.4) is 0 Å². The minimum atomic E-state index is -0.840. The lowest BCUT2D eigenvalue weighted by Gasteiger charge is -2.57. The van der Waals surface area contributed by atoms with Crippen LogP contribution < -0.4 is 0 Å². The third-order valence-electron chi connectivity index (χ3n) is 8.01. The number of benzene rings is 2. The highest BCUT2D eigenvalue weighted by atomic mass is 32.2. The molecular weight excluding hydrogens is 426 g/mol. The van der Waals surface area contributed by atoms with E-state index in [4.69, 9.17) is 5.11 Å². The summed E-state index contributed by atoms with van der Waals surface area (Å²) >= 11 is 1.41. The van der Waals surface area contributed by atoms with Gasteiger partial charge in [0.05, 0.1) is 5.92 Å². The number of thioether (sulfide) groups is 1. The summed E-state index contributed by atoms with van der Waals surface area (Å²) in [4.78, 5) is 10.9. The lowest BCUT2D eigenvalue weighted by molar-refractivity contribution is -0.140. The Morgan fingerprint density at radius 3 is 2.09 bits per heavy atom. The molecule has 2 nitrogen and oxygen atoms in total. The summed E-state index contributed by atoms with van der Waals surface area (Å²) in [5.41, 5.74) is 2.81. The maximum Gasteiger partial charge on any atom is 0.307 e. The first kappa shape index (κ1) is 21.9. The number of carboxylic acid groups (broad SMARTS) is 1. The van der Waals surface area contributed by atoms with Crippen LogP contribution in [0.4, 0.5) is 8.78 Å². The van der Waals surface area contributed by atoms with Crippen molar-refractivity contribution >= 4 is 17.7 Å². The number of halogens is 2. The first-order valence-corrected chi connectivity index (χ1v) is 12.9. The van der Waals surface area contributed by atoms with Crippen LogP contribution in [0, 0.1) is 35.3 Å². The van der Waals surface area contributed by atoms with E-state index < -0.39 is 11.9 Å². The summed E-state index contributed by atoms with van der Waals surface area (Å²) in [6.07, 6.45) is 7.36. The Morgan fingerprint density at radius 1 is 1.00 bits per heavy atom. The molecule has 0 amide bonds. The predicted octanol–water partition coefficient (Wildman–Crippen LogP) is 7.05. The van der Waals surface area contributed by atoms with Crippen molar-refractivity contribution in [3.8, 4) is 11.1 Å². The van der Waals surface area contributed by atoms with E-state index in [-0.39, 0.29) is 17.0 Å². The maximum absolute atomic E-state index is 15.4. The van der Waals surface area contributed by atoms with Gasteiger partial charge in [0, 0.05) is 11.5 Å². The molecule has 4 saturated carbocycles. The molecule has 4 aliphatic rings. The molecule has 0 radical (unpaired) electrons. The highest BCUT2D eigenvalue weighted by molar-refractivity contribution is 7.98. The van der Waals surface area contributed by atoms with Crippen molar-refractivity contribution in [3.05, 3.63) is 59.2 Å². The summed E-state index contributed by atoms with van der Waals surface area (Å²) in [6, 6.07) is 10.5. The van der Waals surface area contributed by atoms with Gasteiger partial charge in [0.25, 0.3) is 0 Å². The summed E-state index contributed by atoms with van der Waals surface area (Å²) in [7, 11) is 0. The van der Waals surface area contributed by atoms with Crippen LogP contribution in [-0.2, 0) is 16.0 Å². The Hall–Kier alpha value is -1.88. The molecule has 0 aliphatic heterocycles. The fraction of sp³-hybridized carbons (Fsp3) is 0.519. The SMILES string of the molecule is CC(CSCc1ccc(-c2ccc(C34CC5CC(CC(C5)C3)C4)c(F)c2)cc1F)C(=O)O. The minimum absolute atomic E-state index is 0.0107.